The minimum absolute atomic E-state index is 0.0142. The van der Waals surface area contributed by atoms with Crippen LogP contribution in [0.25, 0.3) is 6.08 Å². The molecule has 1 saturated heterocycles. The first-order chi connectivity index (χ1) is 8.66. The Kier molecular flexibility index (Phi) is 3.82. The summed E-state index contributed by atoms with van der Waals surface area (Å²) in [5.74, 6) is -0.415. The maximum Gasteiger partial charge on any atom is 0.305 e. The first-order valence-corrected chi connectivity index (χ1v) is 5.91. The molecule has 1 aliphatic rings. The summed E-state index contributed by atoms with van der Waals surface area (Å²) in [5.41, 5.74) is 0. The van der Waals surface area contributed by atoms with Crippen molar-refractivity contribution in [3.05, 3.63) is 30.2 Å². The molecule has 0 bridgehead atoms. The molecule has 2 heterocycles. The van der Waals surface area contributed by atoms with E-state index < -0.39 is 5.97 Å². The number of likely N-dealkylation sites (tertiary alicyclic amines) is 1. The predicted molar refractivity (Wildman–Crippen MR) is 64.7 cm³/mol. The van der Waals surface area contributed by atoms with Crippen molar-refractivity contribution in [1.82, 2.24) is 4.90 Å². The Morgan fingerprint density at radius 1 is 1.56 bits per heavy atom. The van der Waals surface area contributed by atoms with Gasteiger partial charge in [-0.3, -0.25) is 9.59 Å². The lowest BCUT2D eigenvalue weighted by Gasteiger charge is -2.21. The van der Waals surface area contributed by atoms with Gasteiger partial charge < -0.3 is 14.4 Å². The van der Waals surface area contributed by atoms with Gasteiger partial charge in [-0.1, -0.05) is 0 Å². The zero-order chi connectivity index (χ0) is 13.0. The van der Waals surface area contributed by atoms with Crippen LogP contribution in [-0.4, -0.2) is 34.5 Å². The van der Waals surface area contributed by atoms with E-state index in [9.17, 15) is 9.59 Å². The second-order valence-electron chi connectivity index (χ2n) is 4.27. The van der Waals surface area contributed by atoms with Crippen LogP contribution < -0.4 is 0 Å². The van der Waals surface area contributed by atoms with Crippen molar-refractivity contribution < 1.29 is 19.1 Å². The number of carbonyl (C=O) groups is 2. The minimum atomic E-state index is -0.866. The van der Waals surface area contributed by atoms with Crippen LogP contribution in [0.2, 0.25) is 0 Å². The van der Waals surface area contributed by atoms with Gasteiger partial charge in [0.2, 0.25) is 5.91 Å². The molecule has 1 atom stereocenters. The fraction of sp³-hybridized carbons (Fsp3) is 0.385. The number of carbonyl (C=O) groups excluding carboxylic acids is 1. The standard InChI is InChI=1S/C13H15NO4/c15-12(6-5-11-4-2-8-18-11)14-7-1-3-10(14)9-13(16)17/h2,4-6,8,10H,1,3,7,9H2,(H,16,17)/b6-5+. The molecular weight excluding hydrogens is 234 g/mol. The maximum atomic E-state index is 11.9. The van der Waals surface area contributed by atoms with Gasteiger partial charge in [-0.25, -0.2) is 0 Å². The van der Waals surface area contributed by atoms with Crippen LogP contribution in [0.1, 0.15) is 25.0 Å². The number of carboxylic acid groups (broad SMARTS) is 1. The van der Waals surface area contributed by atoms with Crippen molar-refractivity contribution in [3.8, 4) is 0 Å². The molecule has 96 valence electrons. The van der Waals surface area contributed by atoms with Gasteiger partial charge in [0, 0.05) is 18.7 Å². The second-order valence-corrected chi connectivity index (χ2v) is 4.27. The topological polar surface area (TPSA) is 70.8 Å². The van der Waals surface area contributed by atoms with E-state index in [-0.39, 0.29) is 18.4 Å². The molecule has 1 aromatic heterocycles. The number of hydrogen-bond donors (Lipinski definition) is 1. The Hall–Kier alpha value is -2.04. The second kappa shape index (κ2) is 5.53. The molecule has 0 saturated carbocycles. The average Bonchev–Trinajstić information content (AvgIpc) is 2.95. The van der Waals surface area contributed by atoms with Crippen molar-refractivity contribution in [1.29, 1.82) is 0 Å². The van der Waals surface area contributed by atoms with Gasteiger partial charge in [-0.15, -0.1) is 0 Å². The molecule has 1 aliphatic heterocycles. The molecule has 1 aromatic rings. The highest BCUT2D eigenvalue weighted by Gasteiger charge is 2.28. The summed E-state index contributed by atoms with van der Waals surface area (Å²) in [4.78, 5) is 24.3. The maximum absolute atomic E-state index is 11.9. The van der Waals surface area contributed by atoms with E-state index in [1.54, 1.807) is 23.1 Å². The molecule has 18 heavy (non-hydrogen) atoms. The molecule has 5 nitrogen and oxygen atoms in total. The fourth-order valence-corrected chi connectivity index (χ4v) is 2.17. The Morgan fingerprint density at radius 2 is 2.39 bits per heavy atom. The highest BCUT2D eigenvalue weighted by molar-refractivity contribution is 5.92. The average molecular weight is 249 g/mol. The summed E-state index contributed by atoms with van der Waals surface area (Å²) in [5, 5.41) is 8.78. The lowest BCUT2D eigenvalue weighted by molar-refractivity contribution is -0.139. The lowest BCUT2D eigenvalue weighted by Crippen LogP contribution is -2.35. The number of furan rings is 1. The number of aliphatic carboxylic acids is 1. The van der Waals surface area contributed by atoms with Crippen LogP contribution in [0.4, 0.5) is 0 Å². The normalized spacial score (nSPS) is 19.6. The SMILES string of the molecule is O=C(O)CC1CCCN1C(=O)/C=C/c1ccco1. The number of hydrogen-bond acceptors (Lipinski definition) is 3. The smallest absolute Gasteiger partial charge is 0.305 e. The Labute approximate surface area is 105 Å². The van der Waals surface area contributed by atoms with Gasteiger partial charge in [-0.05, 0) is 31.1 Å². The Bertz CT molecular complexity index is 450. The molecule has 0 radical (unpaired) electrons. The summed E-state index contributed by atoms with van der Waals surface area (Å²) in [6.07, 6.45) is 6.19. The van der Waals surface area contributed by atoms with E-state index in [4.69, 9.17) is 9.52 Å². The first kappa shape index (κ1) is 12.4. The monoisotopic (exact) mass is 249 g/mol. The van der Waals surface area contributed by atoms with Gasteiger partial charge in [0.15, 0.2) is 0 Å². The van der Waals surface area contributed by atoms with Gasteiger partial charge >= 0.3 is 5.97 Å². The number of rotatable bonds is 4. The van der Waals surface area contributed by atoms with Gasteiger partial charge in [0.1, 0.15) is 5.76 Å². The van der Waals surface area contributed by atoms with Crippen LogP contribution in [0, 0.1) is 0 Å². The van der Waals surface area contributed by atoms with E-state index >= 15 is 0 Å². The number of carboxylic acids is 1. The zero-order valence-corrected chi connectivity index (χ0v) is 9.91. The van der Waals surface area contributed by atoms with E-state index in [2.05, 4.69) is 0 Å². The first-order valence-electron chi connectivity index (χ1n) is 5.91. The Morgan fingerprint density at radius 3 is 3.06 bits per heavy atom. The molecule has 5 heteroatoms. The van der Waals surface area contributed by atoms with Crippen molar-refractivity contribution in [2.45, 2.75) is 25.3 Å². The van der Waals surface area contributed by atoms with Crippen molar-refractivity contribution in [3.63, 3.8) is 0 Å². The molecule has 1 unspecified atom stereocenters. The highest BCUT2D eigenvalue weighted by Crippen LogP contribution is 2.20. The molecule has 2 rings (SSSR count). The highest BCUT2D eigenvalue weighted by atomic mass is 16.4. The molecule has 0 aromatic carbocycles. The molecule has 1 N–H and O–H groups in total. The van der Waals surface area contributed by atoms with Gasteiger partial charge in [0.25, 0.3) is 0 Å². The van der Waals surface area contributed by atoms with E-state index in [1.807, 2.05) is 0 Å². The van der Waals surface area contributed by atoms with Crippen molar-refractivity contribution in [2.75, 3.05) is 6.54 Å². The number of amides is 1. The Balaban J connectivity index is 1.97. The van der Waals surface area contributed by atoms with Crippen LogP contribution in [0.15, 0.2) is 28.9 Å². The minimum Gasteiger partial charge on any atom is -0.481 e. The third kappa shape index (κ3) is 3.00. The summed E-state index contributed by atoms with van der Waals surface area (Å²) >= 11 is 0. The zero-order valence-electron chi connectivity index (χ0n) is 9.91. The summed E-state index contributed by atoms with van der Waals surface area (Å²) < 4.78 is 5.09. The lowest BCUT2D eigenvalue weighted by atomic mass is 10.1. The van der Waals surface area contributed by atoms with Crippen molar-refractivity contribution >= 4 is 18.0 Å². The van der Waals surface area contributed by atoms with Gasteiger partial charge in [0.05, 0.1) is 12.7 Å². The molecular formula is C13H15NO4. The third-order valence-electron chi connectivity index (χ3n) is 3.00. The molecule has 1 amide bonds. The molecule has 1 fully saturated rings. The van der Waals surface area contributed by atoms with E-state index in [0.717, 1.165) is 12.8 Å². The summed E-state index contributed by atoms with van der Waals surface area (Å²) in [6.45, 7) is 0.624. The number of nitrogens with zero attached hydrogens (tertiary/aromatic N) is 1. The summed E-state index contributed by atoms with van der Waals surface area (Å²) in [6, 6.07) is 3.31. The fourth-order valence-electron chi connectivity index (χ4n) is 2.17. The van der Waals surface area contributed by atoms with Crippen LogP contribution in [0.3, 0.4) is 0 Å². The molecule has 0 aliphatic carbocycles. The quantitative estimate of drug-likeness (QED) is 0.825. The molecule has 0 spiro atoms. The van der Waals surface area contributed by atoms with E-state index in [1.165, 1.54) is 12.3 Å². The largest absolute Gasteiger partial charge is 0.481 e. The van der Waals surface area contributed by atoms with Crippen LogP contribution in [-0.2, 0) is 9.59 Å². The third-order valence-corrected chi connectivity index (χ3v) is 3.00. The van der Waals surface area contributed by atoms with Gasteiger partial charge in [-0.2, -0.15) is 0 Å². The van der Waals surface area contributed by atoms with Crippen LogP contribution >= 0.6 is 0 Å². The van der Waals surface area contributed by atoms with Crippen LogP contribution in [0.5, 0.6) is 0 Å². The summed E-state index contributed by atoms with van der Waals surface area (Å²) in [7, 11) is 0. The van der Waals surface area contributed by atoms with Crippen molar-refractivity contribution in [2.24, 2.45) is 0 Å². The van der Waals surface area contributed by atoms with E-state index in [0.29, 0.717) is 12.3 Å². The predicted octanol–water partition coefficient (Wildman–Crippen LogP) is 1.76.